The van der Waals surface area contributed by atoms with Crippen LogP contribution in [0.3, 0.4) is 0 Å². The number of carbonyl (C=O) groups is 5. The second kappa shape index (κ2) is 8.36. The Balaban J connectivity index is 2.61. The number of urea groups is 2. The molecule has 1 fully saturated rings. The number of nitrogens with zero attached hydrogens (tertiary/aromatic N) is 1. The van der Waals surface area contributed by atoms with E-state index in [4.69, 9.17) is 4.74 Å². The fourth-order valence-corrected chi connectivity index (χ4v) is 2.55. The second-order valence-corrected chi connectivity index (χ2v) is 7.44. The van der Waals surface area contributed by atoms with E-state index in [0.29, 0.717) is 12.8 Å². The van der Waals surface area contributed by atoms with Gasteiger partial charge in [-0.25, -0.2) is 9.59 Å². The zero-order valence-electron chi connectivity index (χ0n) is 16.6. The molecule has 0 aromatic rings. The van der Waals surface area contributed by atoms with Crippen molar-refractivity contribution in [3.63, 3.8) is 0 Å². The van der Waals surface area contributed by atoms with Gasteiger partial charge in [0.1, 0.15) is 12.1 Å². The number of rotatable bonds is 6. The Hall–Kier alpha value is -2.65. The Labute approximate surface area is 158 Å². The van der Waals surface area contributed by atoms with Crippen LogP contribution in [0.25, 0.3) is 0 Å². The Morgan fingerprint density at radius 3 is 2.19 bits per heavy atom. The van der Waals surface area contributed by atoms with Crippen molar-refractivity contribution >= 4 is 29.8 Å². The Bertz CT molecular complexity index is 636. The lowest BCUT2D eigenvalue weighted by Gasteiger charge is -2.23. The van der Waals surface area contributed by atoms with Gasteiger partial charge in [-0.1, -0.05) is 13.8 Å². The summed E-state index contributed by atoms with van der Waals surface area (Å²) in [6.45, 7) is 9.42. The van der Waals surface area contributed by atoms with E-state index in [1.165, 1.54) is 6.92 Å². The molecule has 0 unspecified atom stereocenters. The van der Waals surface area contributed by atoms with Crippen molar-refractivity contribution in [3.05, 3.63) is 0 Å². The van der Waals surface area contributed by atoms with Crippen molar-refractivity contribution in [2.45, 2.75) is 71.6 Å². The van der Waals surface area contributed by atoms with Crippen LogP contribution in [0.15, 0.2) is 0 Å². The van der Waals surface area contributed by atoms with Gasteiger partial charge in [0.05, 0.1) is 0 Å². The van der Waals surface area contributed by atoms with Crippen molar-refractivity contribution in [2.24, 2.45) is 0 Å². The van der Waals surface area contributed by atoms with E-state index in [9.17, 15) is 24.0 Å². The first kappa shape index (κ1) is 22.4. The molecular weight excluding hydrogens is 356 g/mol. The van der Waals surface area contributed by atoms with Gasteiger partial charge in [0.15, 0.2) is 6.10 Å². The molecule has 10 heteroatoms. The molecule has 1 rings (SSSR count). The average molecular weight is 384 g/mol. The van der Waals surface area contributed by atoms with E-state index in [-0.39, 0.29) is 0 Å². The molecule has 1 heterocycles. The van der Waals surface area contributed by atoms with E-state index in [1.807, 2.05) is 0 Å². The normalized spacial score (nSPS) is 17.2. The van der Waals surface area contributed by atoms with Crippen LogP contribution in [0.4, 0.5) is 9.59 Å². The van der Waals surface area contributed by atoms with E-state index in [1.54, 1.807) is 34.6 Å². The van der Waals surface area contributed by atoms with E-state index < -0.39 is 53.6 Å². The number of carbonyl (C=O) groups excluding carboxylic acids is 5. The molecule has 0 radical (unpaired) electrons. The van der Waals surface area contributed by atoms with Crippen molar-refractivity contribution < 1.29 is 28.7 Å². The summed E-state index contributed by atoms with van der Waals surface area (Å²) >= 11 is 0. The van der Waals surface area contributed by atoms with Crippen LogP contribution in [0.5, 0.6) is 0 Å². The minimum atomic E-state index is -1.27. The third-order valence-electron chi connectivity index (χ3n) is 4.14. The van der Waals surface area contributed by atoms with Crippen LogP contribution in [-0.2, 0) is 19.1 Å². The summed E-state index contributed by atoms with van der Waals surface area (Å²) in [6, 6.07) is -1.40. The highest BCUT2D eigenvalue weighted by molar-refractivity contribution is 6.08. The maximum atomic E-state index is 12.4. The Kier molecular flexibility index (Phi) is 6.93. The Morgan fingerprint density at radius 1 is 1.19 bits per heavy atom. The minimum Gasteiger partial charge on any atom is -0.451 e. The molecular formula is C17H28N4O6. The number of amides is 6. The topological polar surface area (TPSA) is 134 Å². The van der Waals surface area contributed by atoms with Gasteiger partial charge in [-0.05, 0) is 40.5 Å². The van der Waals surface area contributed by atoms with E-state index in [0.717, 1.165) is 4.90 Å². The molecule has 27 heavy (non-hydrogen) atoms. The standard InChI is InChI=1S/C17H28N4O6/c1-7-17(8-2)13(24)21(15(26)20-17)9-11(22)27-10(3)12(23)18-14(25)19-16(4,5)6/h10H,7-9H2,1-6H3,(H,20,26)(H2,18,19,23,25)/t10-/m1/s1. The highest BCUT2D eigenvalue weighted by Gasteiger charge is 2.49. The minimum absolute atomic E-state index is 0.390. The number of hydrogen-bond donors (Lipinski definition) is 3. The quantitative estimate of drug-likeness (QED) is 0.455. The zero-order valence-corrected chi connectivity index (χ0v) is 16.6. The summed E-state index contributed by atoms with van der Waals surface area (Å²) in [4.78, 5) is 60.8. The van der Waals surface area contributed by atoms with Crippen molar-refractivity contribution in [1.29, 1.82) is 0 Å². The molecule has 1 saturated heterocycles. The fourth-order valence-electron chi connectivity index (χ4n) is 2.55. The van der Waals surface area contributed by atoms with Gasteiger partial charge in [-0.15, -0.1) is 0 Å². The van der Waals surface area contributed by atoms with Gasteiger partial charge in [0, 0.05) is 5.54 Å². The number of imide groups is 2. The molecule has 152 valence electrons. The van der Waals surface area contributed by atoms with Crippen molar-refractivity contribution in [1.82, 2.24) is 20.9 Å². The molecule has 6 amide bonds. The summed E-state index contributed by atoms with van der Waals surface area (Å²) in [5, 5.41) is 7.18. The number of ether oxygens (including phenoxy) is 1. The number of esters is 1. The first-order chi connectivity index (χ1) is 12.3. The molecule has 1 atom stereocenters. The van der Waals surface area contributed by atoms with Gasteiger partial charge in [-0.2, -0.15) is 0 Å². The number of nitrogens with one attached hydrogen (secondary N) is 3. The summed E-state index contributed by atoms with van der Waals surface area (Å²) < 4.78 is 4.93. The molecule has 0 bridgehead atoms. The van der Waals surface area contributed by atoms with E-state index >= 15 is 0 Å². The molecule has 1 aliphatic rings. The predicted molar refractivity (Wildman–Crippen MR) is 95.5 cm³/mol. The first-order valence-corrected chi connectivity index (χ1v) is 8.81. The molecule has 0 aromatic carbocycles. The van der Waals surface area contributed by atoms with Crippen LogP contribution in [0, 0.1) is 0 Å². The summed E-state index contributed by atoms with van der Waals surface area (Å²) in [6.07, 6.45) is -0.492. The van der Waals surface area contributed by atoms with Crippen LogP contribution < -0.4 is 16.0 Å². The summed E-state index contributed by atoms with van der Waals surface area (Å²) in [5.74, 6) is -2.25. The lowest BCUT2D eigenvalue weighted by atomic mass is 9.93. The highest BCUT2D eigenvalue weighted by Crippen LogP contribution is 2.24. The van der Waals surface area contributed by atoms with Crippen molar-refractivity contribution in [2.75, 3.05) is 6.54 Å². The highest BCUT2D eigenvalue weighted by atomic mass is 16.5. The molecule has 10 nitrogen and oxygen atoms in total. The zero-order chi connectivity index (χ0) is 21.0. The molecule has 0 aliphatic carbocycles. The third kappa shape index (κ3) is 5.66. The van der Waals surface area contributed by atoms with E-state index in [2.05, 4.69) is 16.0 Å². The molecule has 0 saturated carbocycles. The van der Waals surface area contributed by atoms with Gasteiger partial charge >= 0.3 is 18.0 Å². The van der Waals surface area contributed by atoms with Gasteiger partial charge in [-0.3, -0.25) is 24.6 Å². The maximum Gasteiger partial charge on any atom is 0.327 e. The van der Waals surface area contributed by atoms with Crippen LogP contribution in [0.2, 0.25) is 0 Å². The largest absolute Gasteiger partial charge is 0.451 e. The lowest BCUT2D eigenvalue weighted by Crippen LogP contribution is -2.51. The van der Waals surface area contributed by atoms with Crippen LogP contribution in [0.1, 0.15) is 54.4 Å². The van der Waals surface area contributed by atoms with Gasteiger partial charge < -0.3 is 15.4 Å². The monoisotopic (exact) mass is 384 g/mol. The average Bonchev–Trinajstić information content (AvgIpc) is 2.77. The van der Waals surface area contributed by atoms with Crippen LogP contribution >= 0.6 is 0 Å². The van der Waals surface area contributed by atoms with Gasteiger partial charge in [0.25, 0.3) is 11.8 Å². The second-order valence-electron chi connectivity index (χ2n) is 7.44. The molecule has 1 aliphatic heterocycles. The summed E-state index contributed by atoms with van der Waals surface area (Å²) in [5.41, 5.74) is -1.57. The van der Waals surface area contributed by atoms with Crippen molar-refractivity contribution in [3.8, 4) is 0 Å². The first-order valence-electron chi connectivity index (χ1n) is 8.81. The fraction of sp³-hybridized carbons (Fsp3) is 0.706. The molecule has 0 aromatic heterocycles. The predicted octanol–water partition coefficient (Wildman–Crippen LogP) is 0.653. The number of hydrogen-bond acceptors (Lipinski definition) is 6. The van der Waals surface area contributed by atoms with Gasteiger partial charge in [0.2, 0.25) is 0 Å². The smallest absolute Gasteiger partial charge is 0.327 e. The third-order valence-corrected chi connectivity index (χ3v) is 4.14. The maximum absolute atomic E-state index is 12.4. The van der Waals surface area contributed by atoms with Crippen LogP contribution in [-0.4, -0.2) is 58.5 Å². The Morgan fingerprint density at radius 2 is 1.74 bits per heavy atom. The molecule has 0 spiro atoms. The SMILES string of the molecule is CCC1(CC)NC(=O)N(CC(=O)O[C@H](C)C(=O)NC(=O)NC(C)(C)C)C1=O. The molecule has 3 N–H and O–H groups in total. The summed E-state index contributed by atoms with van der Waals surface area (Å²) in [7, 11) is 0. The lowest BCUT2D eigenvalue weighted by molar-refractivity contribution is -0.156.